The van der Waals surface area contributed by atoms with E-state index in [1.165, 1.54) is 89.9 Å². The Morgan fingerprint density at radius 3 is 1.54 bits per heavy atom. The minimum atomic E-state index is -0.863. The zero-order valence-electron chi connectivity index (χ0n) is 24.5. The Morgan fingerprint density at radius 2 is 1.05 bits per heavy atom. The topological polar surface area (TPSA) is 69.6 Å². The number of hydrogen-bond donors (Lipinski definition) is 3. The van der Waals surface area contributed by atoms with Crippen LogP contribution in [0, 0.1) is 0 Å². The Hall–Kier alpha value is -1.39. The molecular weight excluding hydrogens is 458 g/mol. The minimum absolute atomic E-state index is 0.0822. The van der Waals surface area contributed by atoms with E-state index in [0.29, 0.717) is 6.42 Å². The van der Waals surface area contributed by atoms with Crippen molar-refractivity contribution in [2.75, 3.05) is 6.61 Å². The third-order valence-corrected chi connectivity index (χ3v) is 6.85. The summed E-state index contributed by atoms with van der Waals surface area (Å²) in [6, 6.07) is -0.638. The molecule has 2 atom stereocenters. The molecular formula is C33H61NO3. The lowest BCUT2D eigenvalue weighted by Gasteiger charge is -2.19. The van der Waals surface area contributed by atoms with Gasteiger partial charge in [-0.15, -0.1) is 0 Å². The van der Waals surface area contributed by atoms with Crippen LogP contribution in [0.25, 0.3) is 0 Å². The molecule has 216 valence electrons. The molecule has 0 heterocycles. The van der Waals surface area contributed by atoms with E-state index in [1.807, 2.05) is 6.08 Å². The van der Waals surface area contributed by atoms with Crippen molar-refractivity contribution < 1.29 is 15.0 Å². The summed E-state index contributed by atoms with van der Waals surface area (Å²) in [5.74, 6) is -0.0822. The first-order valence-corrected chi connectivity index (χ1v) is 15.7. The standard InChI is InChI=1S/C33H61NO3/c1-3-5-7-9-11-13-15-17-19-21-23-25-27-29-33(37)34-31(30-35)32(36)28-26-24-22-20-18-16-14-12-10-8-6-4-2/h10,12,18,20,26,28,31-32,35-36H,3-9,11,13-17,19,21-25,27,29-30H2,1-2H3,(H,34,37)/b12-10+,20-18+,28-26+. The summed E-state index contributed by atoms with van der Waals surface area (Å²) in [6.45, 7) is 4.21. The van der Waals surface area contributed by atoms with Gasteiger partial charge in [0, 0.05) is 6.42 Å². The van der Waals surface area contributed by atoms with Crippen LogP contribution in [-0.4, -0.2) is 34.9 Å². The average Bonchev–Trinajstić information content (AvgIpc) is 2.90. The van der Waals surface area contributed by atoms with Crippen LogP contribution in [0.4, 0.5) is 0 Å². The fraction of sp³-hybridized carbons (Fsp3) is 0.788. The van der Waals surface area contributed by atoms with Gasteiger partial charge in [-0.2, -0.15) is 0 Å². The van der Waals surface area contributed by atoms with Crippen molar-refractivity contribution in [1.29, 1.82) is 0 Å². The zero-order chi connectivity index (χ0) is 27.2. The van der Waals surface area contributed by atoms with Crippen molar-refractivity contribution in [3.8, 4) is 0 Å². The molecule has 0 saturated carbocycles. The lowest BCUT2D eigenvalue weighted by Crippen LogP contribution is -2.45. The number of aliphatic hydroxyl groups is 2. The van der Waals surface area contributed by atoms with E-state index in [-0.39, 0.29) is 12.5 Å². The first kappa shape index (κ1) is 35.6. The van der Waals surface area contributed by atoms with Crippen molar-refractivity contribution >= 4 is 5.91 Å². The Labute approximate surface area is 230 Å². The zero-order valence-corrected chi connectivity index (χ0v) is 24.5. The van der Waals surface area contributed by atoms with Crippen molar-refractivity contribution in [2.45, 2.75) is 161 Å². The number of nitrogens with one attached hydrogen (secondary N) is 1. The van der Waals surface area contributed by atoms with Crippen LogP contribution in [0.5, 0.6) is 0 Å². The first-order valence-electron chi connectivity index (χ1n) is 15.7. The number of carbonyl (C=O) groups is 1. The second kappa shape index (κ2) is 29.2. The van der Waals surface area contributed by atoms with Crippen LogP contribution >= 0.6 is 0 Å². The highest BCUT2D eigenvalue weighted by Crippen LogP contribution is 2.13. The summed E-state index contributed by atoms with van der Waals surface area (Å²) in [7, 11) is 0. The average molecular weight is 520 g/mol. The highest BCUT2D eigenvalue weighted by molar-refractivity contribution is 5.76. The molecule has 0 bridgehead atoms. The molecule has 0 rings (SSSR count). The summed E-state index contributed by atoms with van der Waals surface area (Å²) in [5, 5.41) is 22.7. The van der Waals surface area contributed by atoms with Gasteiger partial charge in [0.15, 0.2) is 0 Å². The number of hydrogen-bond acceptors (Lipinski definition) is 3. The monoisotopic (exact) mass is 519 g/mol. The van der Waals surface area contributed by atoms with Gasteiger partial charge in [-0.05, 0) is 38.5 Å². The lowest BCUT2D eigenvalue weighted by molar-refractivity contribution is -0.123. The van der Waals surface area contributed by atoms with E-state index in [4.69, 9.17) is 0 Å². The predicted octanol–water partition coefficient (Wildman–Crippen LogP) is 8.72. The Balaban J connectivity index is 3.74. The van der Waals surface area contributed by atoms with Crippen LogP contribution in [0.1, 0.15) is 149 Å². The molecule has 37 heavy (non-hydrogen) atoms. The molecule has 0 aliphatic heterocycles. The molecule has 4 heteroatoms. The second-order valence-corrected chi connectivity index (χ2v) is 10.5. The summed E-state index contributed by atoms with van der Waals surface area (Å²) in [6.07, 6.45) is 36.4. The molecule has 0 aromatic rings. The predicted molar refractivity (Wildman–Crippen MR) is 161 cm³/mol. The molecule has 3 N–H and O–H groups in total. The molecule has 2 unspecified atom stereocenters. The summed E-state index contributed by atoms with van der Waals surface area (Å²) >= 11 is 0. The summed E-state index contributed by atoms with van der Waals surface area (Å²) in [5.41, 5.74) is 0. The molecule has 0 spiro atoms. The highest BCUT2D eigenvalue weighted by atomic mass is 16.3. The van der Waals surface area contributed by atoms with E-state index in [9.17, 15) is 15.0 Å². The molecule has 0 saturated heterocycles. The molecule has 0 aromatic carbocycles. The van der Waals surface area contributed by atoms with Gasteiger partial charge in [0.25, 0.3) is 0 Å². The smallest absolute Gasteiger partial charge is 0.220 e. The van der Waals surface area contributed by atoms with Gasteiger partial charge >= 0.3 is 0 Å². The van der Waals surface area contributed by atoms with Crippen molar-refractivity contribution in [2.24, 2.45) is 0 Å². The number of carbonyl (C=O) groups excluding carboxylic acids is 1. The molecule has 0 aromatic heterocycles. The van der Waals surface area contributed by atoms with Crippen molar-refractivity contribution in [1.82, 2.24) is 5.32 Å². The third-order valence-electron chi connectivity index (χ3n) is 6.85. The van der Waals surface area contributed by atoms with Gasteiger partial charge in [-0.1, -0.05) is 140 Å². The molecule has 4 nitrogen and oxygen atoms in total. The van der Waals surface area contributed by atoms with Gasteiger partial charge in [0.1, 0.15) is 0 Å². The second-order valence-electron chi connectivity index (χ2n) is 10.5. The van der Waals surface area contributed by atoms with Crippen molar-refractivity contribution in [3.63, 3.8) is 0 Å². The van der Waals surface area contributed by atoms with E-state index in [1.54, 1.807) is 6.08 Å². The van der Waals surface area contributed by atoms with Gasteiger partial charge in [-0.25, -0.2) is 0 Å². The minimum Gasteiger partial charge on any atom is -0.394 e. The summed E-state index contributed by atoms with van der Waals surface area (Å²) in [4.78, 5) is 12.2. The number of allylic oxidation sites excluding steroid dienone is 5. The van der Waals surface area contributed by atoms with Crippen LogP contribution in [0.2, 0.25) is 0 Å². The maximum absolute atomic E-state index is 12.2. The Bertz CT molecular complexity index is 570. The molecule has 1 amide bonds. The van der Waals surface area contributed by atoms with Crippen LogP contribution < -0.4 is 5.32 Å². The normalized spacial score (nSPS) is 13.7. The Kier molecular flexibility index (Phi) is 28.1. The SMILES string of the molecule is CCCC/C=C/CC/C=C/CC/C=C/C(O)C(CO)NC(=O)CCCCCCCCCCCCCCC. The number of rotatable bonds is 27. The van der Waals surface area contributed by atoms with Gasteiger partial charge < -0.3 is 15.5 Å². The maximum atomic E-state index is 12.2. The molecule has 0 aliphatic carbocycles. The fourth-order valence-electron chi connectivity index (χ4n) is 4.37. The van der Waals surface area contributed by atoms with Gasteiger partial charge in [0.05, 0.1) is 18.8 Å². The van der Waals surface area contributed by atoms with E-state index in [0.717, 1.165) is 38.5 Å². The largest absolute Gasteiger partial charge is 0.394 e. The van der Waals surface area contributed by atoms with Crippen LogP contribution in [-0.2, 0) is 4.79 Å². The number of aliphatic hydroxyl groups excluding tert-OH is 2. The van der Waals surface area contributed by atoms with Crippen LogP contribution in [0.3, 0.4) is 0 Å². The van der Waals surface area contributed by atoms with Gasteiger partial charge in [0.2, 0.25) is 5.91 Å². The van der Waals surface area contributed by atoms with E-state index in [2.05, 4.69) is 43.5 Å². The first-order chi connectivity index (χ1) is 18.2. The molecule has 0 radical (unpaired) electrons. The van der Waals surface area contributed by atoms with E-state index >= 15 is 0 Å². The van der Waals surface area contributed by atoms with E-state index < -0.39 is 12.1 Å². The quantitative estimate of drug-likeness (QED) is 0.0750. The molecule has 0 aliphatic rings. The van der Waals surface area contributed by atoms with Crippen LogP contribution in [0.15, 0.2) is 36.5 Å². The highest BCUT2D eigenvalue weighted by Gasteiger charge is 2.17. The summed E-state index contributed by atoms with van der Waals surface area (Å²) < 4.78 is 0. The maximum Gasteiger partial charge on any atom is 0.220 e. The molecule has 0 fully saturated rings. The van der Waals surface area contributed by atoms with Crippen molar-refractivity contribution in [3.05, 3.63) is 36.5 Å². The fourth-order valence-corrected chi connectivity index (χ4v) is 4.37. The Morgan fingerprint density at radius 1 is 0.622 bits per heavy atom. The number of unbranched alkanes of at least 4 members (excludes halogenated alkanes) is 16. The third kappa shape index (κ3) is 26.0. The number of amides is 1. The van der Waals surface area contributed by atoms with Gasteiger partial charge in [-0.3, -0.25) is 4.79 Å². The lowest BCUT2D eigenvalue weighted by atomic mass is 10.0.